The van der Waals surface area contributed by atoms with Crippen molar-refractivity contribution in [2.24, 2.45) is 5.92 Å². The highest BCUT2D eigenvalue weighted by molar-refractivity contribution is 6.43. The van der Waals surface area contributed by atoms with E-state index in [0.717, 1.165) is 12.5 Å². The Morgan fingerprint density at radius 1 is 1.46 bits per heavy atom. The quantitative estimate of drug-likeness (QED) is 0.847. The second kappa shape index (κ2) is 3.68. The van der Waals surface area contributed by atoms with Gasteiger partial charge in [0, 0.05) is 6.54 Å². The molecule has 0 aromatic carbocycles. The van der Waals surface area contributed by atoms with Crippen LogP contribution in [-0.4, -0.2) is 16.7 Å². The lowest BCUT2D eigenvalue weighted by Crippen LogP contribution is -2.06. The third-order valence-corrected chi connectivity index (χ3v) is 2.77. The topological polar surface area (TPSA) is 37.8 Å². The molecule has 1 saturated carbocycles. The predicted molar refractivity (Wildman–Crippen MR) is 53.3 cm³/mol. The Balaban J connectivity index is 2.05. The lowest BCUT2D eigenvalue weighted by Gasteiger charge is -2.05. The molecule has 1 heterocycles. The van der Waals surface area contributed by atoms with E-state index in [1.165, 1.54) is 19.0 Å². The molecule has 0 atom stereocenters. The van der Waals surface area contributed by atoms with Crippen molar-refractivity contribution in [3.8, 4) is 0 Å². The van der Waals surface area contributed by atoms with Gasteiger partial charge in [-0.15, -0.1) is 5.10 Å². The number of nitrogens with one attached hydrogen (secondary N) is 1. The van der Waals surface area contributed by atoms with Crippen molar-refractivity contribution in [2.75, 3.05) is 11.9 Å². The summed E-state index contributed by atoms with van der Waals surface area (Å²) in [6, 6.07) is 0. The Bertz CT molecular complexity index is 312. The van der Waals surface area contributed by atoms with Crippen LogP contribution >= 0.6 is 23.2 Å². The van der Waals surface area contributed by atoms with E-state index in [1.807, 2.05) is 0 Å². The summed E-state index contributed by atoms with van der Waals surface area (Å²) in [5, 5.41) is 11.6. The molecule has 0 amide bonds. The summed E-state index contributed by atoms with van der Waals surface area (Å²) in [4.78, 5) is 0. The highest BCUT2D eigenvalue weighted by atomic mass is 35.5. The van der Waals surface area contributed by atoms with Crippen molar-refractivity contribution in [3.63, 3.8) is 0 Å². The lowest BCUT2D eigenvalue weighted by molar-refractivity contribution is 0.873. The average Bonchev–Trinajstić information content (AvgIpc) is 2.91. The predicted octanol–water partition coefficient (Wildman–Crippen LogP) is 2.61. The smallest absolute Gasteiger partial charge is 0.169 e. The standard InChI is InChI=1S/C8H9Cl2N3/c9-6-4-12-13-8(7(6)10)11-3-5-1-2-5/h4-5H,1-3H2,(H,11,13). The molecule has 1 fully saturated rings. The van der Waals surface area contributed by atoms with E-state index >= 15 is 0 Å². The molecule has 0 bridgehead atoms. The van der Waals surface area contributed by atoms with E-state index in [9.17, 15) is 0 Å². The van der Waals surface area contributed by atoms with Crippen LogP contribution in [0.1, 0.15) is 12.8 Å². The van der Waals surface area contributed by atoms with Crippen molar-refractivity contribution >= 4 is 29.0 Å². The van der Waals surface area contributed by atoms with E-state index in [1.54, 1.807) is 0 Å². The molecule has 2 rings (SSSR count). The molecule has 1 aliphatic rings. The molecule has 0 spiro atoms. The minimum Gasteiger partial charge on any atom is -0.367 e. The van der Waals surface area contributed by atoms with Gasteiger partial charge in [-0.2, -0.15) is 5.10 Å². The zero-order valence-electron chi connectivity index (χ0n) is 6.93. The van der Waals surface area contributed by atoms with E-state index in [-0.39, 0.29) is 0 Å². The van der Waals surface area contributed by atoms with Crippen LogP contribution in [0.3, 0.4) is 0 Å². The molecule has 70 valence electrons. The number of hydrogen-bond acceptors (Lipinski definition) is 3. The number of nitrogens with zero attached hydrogens (tertiary/aromatic N) is 2. The van der Waals surface area contributed by atoms with E-state index in [2.05, 4.69) is 15.5 Å². The van der Waals surface area contributed by atoms with Crippen LogP contribution in [0, 0.1) is 5.92 Å². The van der Waals surface area contributed by atoms with Gasteiger partial charge < -0.3 is 5.32 Å². The molecule has 0 saturated heterocycles. The Labute approximate surface area is 86.4 Å². The largest absolute Gasteiger partial charge is 0.367 e. The summed E-state index contributed by atoms with van der Waals surface area (Å²) in [7, 11) is 0. The van der Waals surface area contributed by atoms with Gasteiger partial charge in [-0.1, -0.05) is 23.2 Å². The molecule has 5 heteroatoms. The maximum Gasteiger partial charge on any atom is 0.169 e. The van der Waals surface area contributed by atoms with Gasteiger partial charge in [-0.25, -0.2) is 0 Å². The molecular weight excluding hydrogens is 209 g/mol. The third-order valence-electron chi connectivity index (χ3n) is 2.00. The van der Waals surface area contributed by atoms with E-state index in [0.29, 0.717) is 15.9 Å². The van der Waals surface area contributed by atoms with Gasteiger partial charge in [-0.3, -0.25) is 0 Å². The first-order chi connectivity index (χ1) is 6.27. The van der Waals surface area contributed by atoms with Gasteiger partial charge in [0.05, 0.1) is 11.2 Å². The SMILES string of the molecule is Clc1cnnc(NCC2CC2)c1Cl. The fourth-order valence-corrected chi connectivity index (χ4v) is 1.31. The van der Waals surface area contributed by atoms with Crippen LogP contribution in [-0.2, 0) is 0 Å². The van der Waals surface area contributed by atoms with Crippen LogP contribution in [0.15, 0.2) is 6.20 Å². The van der Waals surface area contributed by atoms with E-state index in [4.69, 9.17) is 23.2 Å². The van der Waals surface area contributed by atoms with Gasteiger partial charge >= 0.3 is 0 Å². The van der Waals surface area contributed by atoms with Crippen LogP contribution in [0.25, 0.3) is 0 Å². The molecule has 0 aliphatic heterocycles. The van der Waals surface area contributed by atoms with E-state index < -0.39 is 0 Å². The Kier molecular flexibility index (Phi) is 2.56. The number of anilines is 1. The number of hydrogen-bond donors (Lipinski definition) is 1. The average molecular weight is 218 g/mol. The second-order valence-electron chi connectivity index (χ2n) is 3.18. The highest BCUT2D eigenvalue weighted by Crippen LogP contribution is 2.31. The summed E-state index contributed by atoms with van der Waals surface area (Å²) >= 11 is 11.7. The molecular formula is C8H9Cl2N3. The first-order valence-corrected chi connectivity index (χ1v) is 4.93. The monoisotopic (exact) mass is 217 g/mol. The lowest BCUT2D eigenvalue weighted by atomic mass is 10.4. The van der Waals surface area contributed by atoms with Crippen molar-refractivity contribution < 1.29 is 0 Å². The number of rotatable bonds is 3. The highest BCUT2D eigenvalue weighted by Gasteiger charge is 2.21. The number of aromatic nitrogens is 2. The zero-order valence-corrected chi connectivity index (χ0v) is 8.44. The molecule has 3 nitrogen and oxygen atoms in total. The summed E-state index contributed by atoms with van der Waals surface area (Å²) < 4.78 is 0. The molecule has 1 aromatic rings. The van der Waals surface area contributed by atoms with Crippen LogP contribution in [0.4, 0.5) is 5.82 Å². The molecule has 1 aromatic heterocycles. The van der Waals surface area contributed by atoms with Gasteiger partial charge in [0.1, 0.15) is 5.02 Å². The number of halogens is 2. The normalized spacial score (nSPS) is 15.8. The maximum atomic E-state index is 5.90. The molecule has 0 unspecified atom stereocenters. The van der Waals surface area contributed by atoms with Crippen molar-refractivity contribution in [1.29, 1.82) is 0 Å². The summed E-state index contributed by atoms with van der Waals surface area (Å²) in [5.41, 5.74) is 0. The Morgan fingerprint density at radius 2 is 2.23 bits per heavy atom. The maximum absolute atomic E-state index is 5.90. The van der Waals surface area contributed by atoms with Crippen LogP contribution in [0.5, 0.6) is 0 Å². The first kappa shape index (κ1) is 9.03. The van der Waals surface area contributed by atoms with Crippen LogP contribution < -0.4 is 5.32 Å². The molecule has 1 aliphatic carbocycles. The van der Waals surface area contributed by atoms with Gasteiger partial charge in [0.15, 0.2) is 5.82 Å². The molecule has 1 N–H and O–H groups in total. The first-order valence-electron chi connectivity index (χ1n) is 4.18. The second-order valence-corrected chi connectivity index (χ2v) is 3.96. The summed E-state index contributed by atoms with van der Waals surface area (Å²) in [6.07, 6.45) is 4.02. The van der Waals surface area contributed by atoms with Crippen molar-refractivity contribution in [3.05, 3.63) is 16.2 Å². The minimum absolute atomic E-state index is 0.440. The Hall–Kier alpha value is -0.540. The molecule has 0 radical (unpaired) electrons. The fraction of sp³-hybridized carbons (Fsp3) is 0.500. The summed E-state index contributed by atoms with van der Waals surface area (Å²) in [5.74, 6) is 1.36. The third kappa shape index (κ3) is 2.23. The van der Waals surface area contributed by atoms with Gasteiger partial charge in [-0.05, 0) is 18.8 Å². The van der Waals surface area contributed by atoms with Crippen molar-refractivity contribution in [1.82, 2.24) is 10.2 Å². The van der Waals surface area contributed by atoms with Gasteiger partial charge in [0.2, 0.25) is 0 Å². The molecule has 13 heavy (non-hydrogen) atoms. The Morgan fingerprint density at radius 3 is 2.92 bits per heavy atom. The van der Waals surface area contributed by atoms with Gasteiger partial charge in [0.25, 0.3) is 0 Å². The minimum atomic E-state index is 0.440. The van der Waals surface area contributed by atoms with Crippen molar-refractivity contribution in [2.45, 2.75) is 12.8 Å². The summed E-state index contributed by atoms with van der Waals surface area (Å²) in [6.45, 7) is 0.911. The fourth-order valence-electron chi connectivity index (χ4n) is 1.03. The van der Waals surface area contributed by atoms with Crippen LogP contribution in [0.2, 0.25) is 10.0 Å². The zero-order chi connectivity index (χ0) is 9.26.